The zero-order chi connectivity index (χ0) is 24.1. The van der Waals surface area contributed by atoms with E-state index in [1.165, 1.54) is 19.1 Å². The number of anilines is 1. The number of rotatable bonds is 9. The SMILES string of the molecule is CNC(=O)C(C)N(Cc1ccc(Cl)c(Cl)c1)C(=O)CN(c1ccccc1OC)S(C)(=O)=O. The number of carbonyl (C=O) groups excluding carboxylic acids is 2. The first-order valence-corrected chi connectivity index (χ1v) is 12.2. The molecule has 0 saturated heterocycles. The van der Waals surface area contributed by atoms with Crippen LogP contribution in [-0.2, 0) is 26.2 Å². The summed E-state index contributed by atoms with van der Waals surface area (Å²) in [4.78, 5) is 26.9. The Hall–Kier alpha value is -2.49. The summed E-state index contributed by atoms with van der Waals surface area (Å²) in [5.74, 6) is -0.689. The molecule has 2 rings (SSSR count). The lowest BCUT2D eigenvalue weighted by atomic mass is 10.1. The molecule has 1 N–H and O–H groups in total. The van der Waals surface area contributed by atoms with Gasteiger partial charge in [0.25, 0.3) is 0 Å². The van der Waals surface area contributed by atoms with Gasteiger partial charge in [-0.1, -0.05) is 41.4 Å². The number of benzene rings is 2. The predicted octanol–water partition coefficient (Wildman–Crippen LogP) is 2.93. The highest BCUT2D eigenvalue weighted by atomic mass is 35.5. The van der Waals surface area contributed by atoms with Gasteiger partial charge in [-0.15, -0.1) is 0 Å². The van der Waals surface area contributed by atoms with E-state index in [0.29, 0.717) is 21.4 Å². The van der Waals surface area contributed by atoms with Gasteiger partial charge in [0.15, 0.2) is 0 Å². The molecular formula is C21H25Cl2N3O5S. The molecule has 2 aromatic carbocycles. The number of ether oxygens (including phenoxy) is 1. The molecule has 0 bridgehead atoms. The van der Waals surface area contributed by atoms with E-state index in [0.717, 1.165) is 10.6 Å². The van der Waals surface area contributed by atoms with Crippen LogP contribution in [0.1, 0.15) is 12.5 Å². The molecule has 0 radical (unpaired) electrons. The number of hydrogen-bond donors (Lipinski definition) is 1. The van der Waals surface area contributed by atoms with Crippen molar-refractivity contribution in [1.82, 2.24) is 10.2 Å². The van der Waals surface area contributed by atoms with Crippen LogP contribution in [0.5, 0.6) is 5.75 Å². The van der Waals surface area contributed by atoms with Crippen molar-refractivity contribution in [3.05, 3.63) is 58.1 Å². The maximum Gasteiger partial charge on any atom is 0.244 e. The van der Waals surface area contributed by atoms with Crippen LogP contribution < -0.4 is 14.4 Å². The van der Waals surface area contributed by atoms with E-state index < -0.39 is 34.4 Å². The molecule has 0 saturated carbocycles. The highest BCUT2D eigenvalue weighted by Crippen LogP contribution is 2.30. The summed E-state index contributed by atoms with van der Waals surface area (Å²) in [5.41, 5.74) is 0.847. The molecule has 0 heterocycles. The lowest BCUT2D eigenvalue weighted by Gasteiger charge is -2.31. The molecular weight excluding hydrogens is 477 g/mol. The van der Waals surface area contributed by atoms with Gasteiger partial charge in [-0.2, -0.15) is 0 Å². The Labute approximate surface area is 198 Å². The minimum Gasteiger partial charge on any atom is -0.495 e. The van der Waals surface area contributed by atoms with E-state index >= 15 is 0 Å². The van der Waals surface area contributed by atoms with Crippen molar-refractivity contribution in [2.24, 2.45) is 0 Å². The molecule has 0 fully saturated rings. The summed E-state index contributed by atoms with van der Waals surface area (Å²) < 4.78 is 31.3. The monoisotopic (exact) mass is 501 g/mol. The van der Waals surface area contributed by atoms with Crippen LogP contribution in [0.15, 0.2) is 42.5 Å². The van der Waals surface area contributed by atoms with Gasteiger partial charge in [-0.3, -0.25) is 13.9 Å². The van der Waals surface area contributed by atoms with Gasteiger partial charge in [-0.25, -0.2) is 8.42 Å². The summed E-state index contributed by atoms with van der Waals surface area (Å²) in [6, 6.07) is 10.5. The minimum atomic E-state index is -3.85. The van der Waals surface area contributed by atoms with E-state index in [-0.39, 0.29) is 12.2 Å². The standard InChI is InChI=1S/C21H25Cl2N3O5S/c1-14(21(28)24-2)25(12-15-9-10-16(22)17(23)11-15)20(27)13-26(32(4,29)30)18-7-5-6-8-19(18)31-3/h5-11,14H,12-13H2,1-4H3,(H,24,28). The molecule has 11 heteroatoms. The molecule has 2 aromatic rings. The summed E-state index contributed by atoms with van der Waals surface area (Å²) >= 11 is 12.1. The molecule has 2 amide bonds. The van der Waals surface area contributed by atoms with E-state index in [9.17, 15) is 18.0 Å². The van der Waals surface area contributed by atoms with Gasteiger partial charge in [0.2, 0.25) is 21.8 Å². The van der Waals surface area contributed by atoms with Crippen LogP contribution in [0.25, 0.3) is 0 Å². The number of nitrogens with one attached hydrogen (secondary N) is 1. The van der Waals surface area contributed by atoms with Crippen LogP contribution in [0.3, 0.4) is 0 Å². The number of likely N-dealkylation sites (N-methyl/N-ethyl adjacent to an activating group) is 1. The number of amides is 2. The third-order valence-electron chi connectivity index (χ3n) is 4.78. The molecule has 0 aliphatic rings. The Balaban J connectivity index is 2.43. The van der Waals surface area contributed by atoms with E-state index in [2.05, 4.69) is 5.32 Å². The fourth-order valence-electron chi connectivity index (χ4n) is 3.06. The molecule has 174 valence electrons. The maximum atomic E-state index is 13.3. The fourth-order valence-corrected chi connectivity index (χ4v) is 4.23. The van der Waals surface area contributed by atoms with Crippen molar-refractivity contribution in [3.63, 3.8) is 0 Å². The topological polar surface area (TPSA) is 96.0 Å². The third kappa shape index (κ3) is 6.27. The Morgan fingerprint density at radius 2 is 1.78 bits per heavy atom. The molecule has 8 nitrogen and oxygen atoms in total. The van der Waals surface area contributed by atoms with Crippen LogP contribution in [0.2, 0.25) is 10.0 Å². The quantitative estimate of drug-likeness (QED) is 0.569. The van der Waals surface area contributed by atoms with Gasteiger partial charge in [0, 0.05) is 13.6 Å². The second kappa shape index (κ2) is 10.9. The van der Waals surface area contributed by atoms with Crippen molar-refractivity contribution in [2.75, 3.05) is 31.3 Å². The van der Waals surface area contributed by atoms with Gasteiger partial charge < -0.3 is 15.0 Å². The first-order valence-electron chi connectivity index (χ1n) is 9.55. The predicted molar refractivity (Wildman–Crippen MR) is 126 cm³/mol. The minimum absolute atomic E-state index is 0.0217. The first-order chi connectivity index (χ1) is 15.0. The summed E-state index contributed by atoms with van der Waals surface area (Å²) in [6.07, 6.45) is 0.998. The van der Waals surface area contributed by atoms with Gasteiger partial charge in [-0.05, 0) is 36.8 Å². The highest BCUT2D eigenvalue weighted by Gasteiger charge is 2.30. The number of hydrogen-bond acceptors (Lipinski definition) is 5. The van der Waals surface area contributed by atoms with Crippen molar-refractivity contribution in [1.29, 1.82) is 0 Å². The zero-order valence-electron chi connectivity index (χ0n) is 18.1. The molecule has 1 unspecified atom stereocenters. The lowest BCUT2D eigenvalue weighted by Crippen LogP contribution is -2.50. The van der Waals surface area contributed by atoms with Gasteiger partial charge in [0.1, 0.15) is 18.3 Å². The number of nitrogens with zero attached hydrogens (tertiary/aromatic N) is 2. The van der Waals surface area contributed by atoms with Crippen molar-refractivity contribution < 1.29 is 22.7 Å². The highest BCUT2D eigenvalue weighted by molar-refractivity contribution is 7.92. The van der Waals surface area contributed by atoms with Crippen LogP contribution in [0.4, 0.5) is 5.69 Å². The smallest absolute Gasteiger partial charge is 0.244 e. The summed E-state index contributed by atoms with van der Waals surface area (Å²) in [7, 11) is -0.984. The molecule has 0 aliphatic heterocycles. The molecule has 0 spiro atoms. The summed E-state index contributed by atoms with van der Waals surface area (Å²) in [6.45, 7) is 1.05. The van der Waals surface area contributed by atoms with Crippen molar-refractivity contribution >= 4 is 50.7 Å². The number of carbonyl (C=O) groups is 2. The second-order valence-electron chi connectivity index (χ2n) is 7.00. The Morgan fingerprint density at radius 1 is 1.12 bits per heavy atom. The number of methoxy groups -OCH3 is 1. The third-order valence-corrected chi connectivity index (χ3v) is 6.65. The fraction of sp³-hybridized carbons (Fsp3) is 0.333. The Kier molecular flexibility index (Phi) is 8.77. The van der Waals surface area contributed by atoms with Crippen LogP contribution >= 0.6 is 23.2 Å². The molecule has 0 aliphatic carbocycles. The van der Waals surface area contributed by atoms with Crippen LogP contribution in [-0.4, -0.2) is 58.1 Å². The average Bonchev–Trinajstić information content (AvgIpc) is 2.76. The molecule has 0 aromatic heterocycles. The molecule has 1 atom stereocenters. The van der Waals surface area contributed by atoms with Crippen LogP contribution in [0, 0.1) is 0 Å². The van der Waals surface area contributed by atoms with Crippen molar-refractivity contribution in [3.8, 4) is 5.75 Å². The largest absolute Gasteiger partial charge is 0.495 e. The first kappa shape index (κ1) is 25.8. The summed E-state index contributed by atoms with van der Waals surface area (Å²) in [5, 5.41) is 3.16. The molecule has 32 heavy (non-hydrogen) atoms. The zero-order valence-corrected chi connectivity index (χ0v) is 20.5. The Bertz CT molecular complexity index is 1090. The second-order valence-corrected chi connectivity index (χ2v) is 9.72. The number of sulfonamides is 1. The number of para-hydroxylation sites is 2. The maximum absolute atomic E-state index is 13.3. The van der Waals surface area contributed by atoms with E-state index in [1.54, 1.807) is 49.4 Å². The Morgan fingerprint density at radius 3 is 2.34 bits per heavy atom. The van der Waals surface area contributed by atoms with Gasteiger partial charge >= 0.3 is 0 Å². The normalized spacial score (nSPS) is 12.1. The average molecular weight is 502 g/mol. The van der Waals surface area contributed by atoms with Gasteiger partial charge in [0.05, 0.1) is 29.1 Å². The lowest BCUT2D eigenvalue weighted by molar-refractivity contribution is -0.139. The number of halogens is 2. The van der Waals surface area contributed by atoms with Crippen molar-refractivity contribution in [2.45, 2.75) is 19.5 Å². The van der Waals surface area contributed by atoms with E-state index in [1.807, 2.05) is 0 Å². The van der Waals surface area contributed by atoms with E-state index in [4.69, 9.17) is 27.9 Å².